The second kappa shape index (κ2) is 2.47. The van der Waals surface area contributed by atoms with E-state index in [9.17, 15) is 9.59 Å². The monoisotopic (exact) mass is 182 g/mol. The second-order valence-electron chi connectivity index (χ2n) is 4.62. The maximum Gasteiger partial charge on any atom is 0.243 e. The Labute approximate surface area is 77.3 Å². The molecule has 1 unspecified atom stereocenters. The van der Waals surface area contributed by atoms with Crippen LogP contribution in [0.15, 0.2) is 0 Å². The van der Waals surface area contributed by atoms with Gasteiger partial charge in [-0.05, 0) is 11.8 Å². The van der Waals surface area contributed by atoms with Crippen molar-refractivity contribution in [1.29, 1.82) is 0 Å². The molecule has 0 saturated carbocycles. The molecule has 1 atom stereocenters. The van der Waals surface area contributed by atoms with Crippen LogP contribution in [-0.4, -0.2) is 35.8 Å². The zero-order valence-electron chi connectivity index (χ0n) is 7.96. The molecule has 2 rings (SSSR count). The Morgan fingerprint density at radius 1 is 1.46 bits per heavy atom. The number of hydrogen-bond donors (Lipinski definition) is 1. The van der Waals surface area contributed by atoms with Crippen molar-refractivity contribution in [3.8, 4) is 0 Å². The first kappa shape index (κ1) is 8.53. The van der Waals surface area contributed by atoms with Gasteiger partial charge in [-0.25, -0.2) is 0 Å². The predicted octanol–water partition coefficient (Wildman–Crippen LogP) is -0.257. The lowest BCUT2D eigenvalue weighted by molar-refractivity contribution is -0.143. The van der Waals surface area contributed by atoms with Crippen LogP contribution in [0, 0.1) is 5.41 Å². The number of rotatable bonds is 0. The third-order valence-corrected chi connectivity index (χ3v) is 2.76. The first-order valence-electron chi connectivity index (χ1n) is 4.57. The summed E-state index contributed by atoms with van der Waals surface area (Å²) in [5.41, 5.74) is 0.0853. The molecular formula is C9H14N2O2. The Balaban J connectivity index is 2.24. The zero-order valence-corrected chi connectivity index (χ0v) is 7.96. The highest BCUT2D eigenvalue weighted by Crippen LogP contribution is 2.34. The summed E-state index contributed by atoms with van der Waals surface area (Å²) in [4.78, 5) is 24.5. The predicted molar refractivity (Wildman–Crippen MR) is 46.9 cm³/mol. The zero-order chi connectivity index (χ0) is 9.64. The van der Waals surface area contributed by atoms with E-state index in [4.69, 9.17) is 0 Å². The summed E-state index contributed by atoms with van der Waals surface area (Å²) in [6.45, 7) is 5.06. The number of amides is 2. The largest absolute Gasteiger partial charge is 0.345 e. The van der Waals surface area contributed by atoms with E-state index >= 15 is 0 Å². The Morgan fingerprint density at radius 3 is 2.77 bits per heavy atom. The number of nitrogens with zero attached hydrogens (tertiary/aromatic N) is 1. The Morgan fingerprint density at radius 2 is 2.15 bits per heavy atom. The van der Waals surface area contributed by atoms with E-state index in [0.717, 1.165) is 6.42 Å². The van der Waals surface area contributed by atoms with E-state index in [1.807, 2.05) is 0 Å². The van der Waals surface area contributed by atoms with Crippen LogP contribution in [0.4, 0.5) is 0 Å². The van der Waals surface area contributed by atoms with Gasteiger partial charge in [-0.1, -0.05) is 13.8 Å². The van der Waals surface area contributed by atoms with Gasteiger partial charge >= 0.3 is 0 Å². The first-order valence-corrected chi connectivity index (χ1v) is 4.57. The second-order valence-corrected chi connectivity index (χ2v) is 4.62. The summed E-state index contributed by atoms with van der Waals surface area (Å²) in [6, 6.07) is -0.212. The number of nitrogens with one attached hydrogen (secondary N) is 1. The van der Waals surface area contributed by atoms with Gasteiger partial charge < -0.3 is 10.2 Å². The summed E-state index contributed by atoms with van der Waals surface area (Å²) in [5.74, 6) is 0.0559. The van der Waals surface area contributed by atoms with Crippen molar-refractivity contribution >= 4 is 11.8 Å². The number of carbonyl (C=O) groups excluding carboxylic acids is 2. The van der Waals surface area contributed by atoms with E-state index in [1.54, 1.807) is 4.90 Å². The quantitative estimate of drug-likeness (QED) is 0.561. The molecule has 2 fully saturated rings. The standard InChI is InChI=1S/C9H14N2O2/c1-9(2)3-6-8(13)10-4-7(12)11(6)5-9/h6H,3-5H2,1-2H3,(H,10,13). The molecule has 0 aromatic rings. The molecule has 2 aliphatic rings. The third-order valence-electron chi connectivity index (χ3n) is 2.76. The summed E-state index contributed by atoms with van der Waals surface area (Å²) in [6.07, 6.45) is 0.782. The van der Waals surface area contributed by atoms with Crippen LogP contribution in [0.25, 0.3) is 0 Å². The van der Waals surface area contributed by atoms with Crippen molar-refractivity contribution in [2.45, 2.75) is 26.3 Å². The maximum atomic E-state index is 11.4. The van der Waals surface area contributed by atoms with Crippen molar-refractivity contribution in [2.24, 2.45) is 5.41 Å². The SMILES string of the molecule is CC1(C)CC2C(=O)NCC(=O)N2C1. The van der Waals surface area contributed by atoms with Crippen LogP contribution < -0.4 is 5.32 Å². The Kier molecular flexibility index (Phi) is 1.62. The molecule has 4 nitrogen and oxygen atoms in total. The van der Waals surface area contributed by atoms with Gasteiger partial charge in [0.15, 0.2) is 0 Å². The molecule has 2 heterocycles. The maximum absolute atomic E-state index is 11.4. The fourth-order valence-corrected chi connectivity index (χ4v) is 2.15. The Hall–Kier alpha value is -1.06. The molecule has 2 amide bonds. The average molecular weight is 182 g/mol. The molecule has 4 heteroatoms. The van der Waals surface area contributed by atoms with E-state index in [0.29, 0.717) is 6.54 Å². The van der Waals surface area contributed by atoms with Gasteiger partial charge in [0, 0.05) is 6.54 Å². The average Bonchev–Trinajstić information content (AvgIpc) is 2.35. The topological polar surface area (TPSA) is 49.4 Å². The minimum atomic E-state index is -0.212. The number of hydrogen-bond acceptors (Lipinski definition) is 2. The molecule has 1 N–H and O–H groups in total. The van der Waals surface area contributed by atoms with Gasteiger partial charge in [0.1, 0.15) is 6.04 Å². The van der Waals surface area contributed by atoms with Crippen molar-refractivity contribution in [3.05, 3.63) is 0 Å². The van der Waals surface area contributed by atoms with Crippen LogP contribution in [0.1, 0.15) is 20.3 Å². The molecule has 0 spiro atoms. The molecule has 0 radical (unpaired) electrons. The molecule has 72 valence electrons. The normalized spacial score (nSPS) is 31.5. The van der Waals surface area contributed by atoms with Gasteiger partial charge in [0.05, 0.1) is 6.54 Å². The summed E-state index contributed by atoms with van der Waals surface area (Å²) < 4.78 is 0. The van der Waals surface area contributed by atoms with E-state index in [-0.39, 0.29) is 29.8 Å². The van der Waals surface area contributed by atoms with E-state index in [1.165, 1.54) is 0 Å². The molecule has 2 saturated heterocycles. The highest BCUT2D eigenvalue weighted by Gasteiger charge is 2.45. The fraction of sp³-hybridized carbons (Fsp3) is 0.778. The van der Waals surface area contributed by atoms with Crippen molar-refractivity contribution in [2.75, 3.05) is 13.1 Å². The number of piperazine rings is 1. The molecule has 0 aromatic heterocycles. The van der Waals surface area contributed by atoms with E-state index in [2.05, 4.69) is 19.2 Å². The Bertz CT molecular complexity index is 247. The lowest BCUT2D eigenvalue weighted by atomic mass is 9.90. The minimum absolute atomic E-state index is 0.00479. The lowest BCUT2D eigenvalue weighted by Gasteiger charge is -2.28. The molecular weight excluding hydrogens is 168 g/mol. The molecule has 0 aliphatic carbocycles. The van der Waals surface area contributed by atoms with Crippen LogP contribution in [0.3, 0.4) is 0 Å². The summed E-state index contributed by atoms with van der Waals surface area (Å²) >= 11 is 0. The van der Waals surface area contributed by atoms with Crippen molar-refractivity contribution in [1.82, 2.24) is 10.2 Å². The number of carbonyl (C=O) groups is 2. The molecule has 13 heavy (non-hydrogen) atoms. The third kappa shape index (κ3) is 1.30. The lowest BCUT2D eigenvalue weighted by Crippen LogP contribution is -2.55. The van der Waals surface area contributed by atoms with Gasteiger partial charge in [-0.2, -0.15) is 0 Å². The van der Waals surface area contributed by atoms with Gasteiger partial charge in [0.25, 0.3) is 0 Å². The van der Waals surface area contributed by atoms with Crippen molar-refractivity contribution in [3.63, 3.8) is 0 Å². The molecule has 0 aromatic carbocycles. The van der Waals surface area contributed by atoms with Crippen LogP contribution in [0.5, 0.6) is 0 Å². The van der Waals surface area contributed by atoms with Crippen molar-refractivity contribution < 1.29 is 9.59 Å². The van der Waals surface area contributed by atoms with Crippen LogP contribution >= 0.6 is 0 Å². The smallest absolute Gasteiger partial charge is 0.243 e. The van der Waals surface area contributed by atoms with Gasteiger partial charge in [-0.15, -0.1) is 0 Å². The van der Waals surface area contributed by atoms with Gasteiger partial charge in [-0.3, -0.25) is 9.59 Å². The summed E-state index contributed by atoms with van der Waals surface area (Å²) in [7, 11) is 0. The highest BCUT2D eigenvalue weighted by atomic mass is 16.2. The van der Waals surface area contributed by atoms with Gasteiger partial charge in [0.2, 0.25) is 11.8 Å². The molecule has 0 bridgehead atoms. The molecule has 2 aliphatic heterocycles. The van der Waals surface area contributed by atoms with Crippen LogP contribution in [-0.2, 0) is 9.59 Å². The van der Waals surface area contributed by atoms with E-state index < -0.39 is 0 Å². The highest BCUT2D eigenvalue weighted by molar-refractivity contribution is 5.95. The first-order chi connectivity index (χ1) is 5.99. The summed E-state index contributed by atoms with van der Waals surface area (Å²) in [5, 5.41) is 2.61. The van der Waals surface area contributed by atoms with Crippen LogP contribution in [0.2, 0.25) is 0 Å². The number of fused-ring (bicyclic) bond motifs is 1. The minimum Gasteiger partial charge on any atom is -0.345 e. The fourth-order valence-electron chi connectivity index (χ4n) is 2.15.